The fourth-order valence-electron chi connectivity index (χ4n) is 0.824. The summed E-state index contributed by atoms with van der Waals surface area (Å²) in [5, 5.41) is 0. The Morgan fingerprint density at radius 1 is 1.15 bits per heavy atom. The van der Waals surface area contributed by atoms with E-state index in [4.69, 9.17) is 0 Å². The van der Waals surface area contributed by atoms with Crippen LogP contribution in [0.2, 0.25) is 0 Å². The van der Waals surface area contributed by atoms with Crippen molar-refractivity contribution >= 4 is 0 Å². The zero-order chi connectivity index (χ0) is 10.1. The van der Waals surface area contributed by atoms with Crippen molar-refractivity contribution in [1.82, 2.24) is 0 Å². The van der Waals surface area contributed by atoms with E-state index in [1.54, 1.807) is 0 Å². The van der Waals surface area contributed by atoms with Gasteiger partial charge in [0.2, 0.25) is 0 Å². The van der Waals surface area contributed by atoms with Crippen molar-refractivity contribution in [2.45, 2.75) is 48.5 Å². The number of rotatable bonds is 3. The van der Waals surface area contributed by atoms with Crippen molar-refractivity contribution in [2.24, 2.45) is 0 Å². The molecular weight excluding hydrogens is 156 g/mol. The highest BCUT2D eigenvalue weighted by molar-refractivity contribution is 5.32. The zero-order valence-electron chi connectivity index (χ0n) is 9.20. The summed E-state index contributed by atoms with van der Waals surface area (Å²) in [4.78, 5) is 0. The number of hydrogen-bond acceptors (Lipinski definition) is 0. The Kier molecular flexibility index (Phi) is 15.6. The monoisotopic (exact) mass is 182 g/mol. The molecule has 0 aromatic rings. The molecule has 0 aromatic heterocycles. The van der Waals surface area contributed by atoms with Crippen LogP contribution in [0, 0.1) is 0 Å². The van der Waals surface area contributed by atoms with E-state index in [1.165, 1.54) is 5.57 Å². The Bertz CT molecular complexity index is 170. The fraction of sp³-hybridized carbons (Fsp3) is 0.538. The molecule has 0 radical (unpaired) electrons. The van der Waals surface area contributed by atoms with Crippen molar-refractivity contribution in [2.75, 3.05) is 0 Å². The molecule has 0 heterocycles. The summed E-state index contributed by atoms with van der Waals surface area (Å²) in [6, 6.07) is 0. The lowest BCUT2D eigenvalue weighted by molar-refractivity contribution is 1.10. The maximum absolute atomic E-state index is 3.87. The van der Waals surface area contributed by atoms with E-state index in [-0.39, 0.29) is 7.43 Å². The van der Waals surface area contributed by atoms with Gasteiger partial charge in [0.15, 0.2) is 0 Å². The van der Waals surface area contributed by atoms with Crippen LogP contribution in [0.3, 0.4) is 0 Å². The quantitative estimate of drug-likeness (QED) is 0.530. The van der Waals surface area contributed by atoms with E-state index in [2.05, 4.69) is 26.2 Å². The molecule has 0 aliphatic heterocycles. The molecule has 0 fully saturated rings. The minimum absolute atomic E-state index is 0. The molecule has 0 aliphatic rings. The molecule has 0 saturated carbocycles. The molecule has 0 rings (SSSR count). The molecule has 0 unspecified atom stereocenters. The van der Waals surface area contributed by atoms with E-state index >= 15 is 0 Å². The Morgan fingerprint density at radius 3 is 1.62 bits per heavy atom. The van der Waals surface area contributed by atoms with E-state index < -0.39 is 0 Å². The van der Waals surface area contributed by atoms with E-state index in [0.29, 0.717) is 0 Å². The minimum atomic E-state index is 0. The average Bonchev–Trinajstić information content (AvgIpc) is 2.03. The molecule has 0 nitrogen and oxygen atoms in total. The van der Waals surface area contributed by atoms with Gasteiger partial charge in [-0.05, 0) is 25.8 Å². The lowest BCUT2D eigenvalue weighted by atomic mass is 10.0. The van der Waals surface area contributed by atoms with Crippen molar-refractivity contribution in [1.29, 1.82) is 0 Å². The first-order valence-corrected chi connectivity index (χ1v) is 4.60. The van der Waals surface area contributed by atoms with Crippen LogP contribution in [0.15, 0.2) is 36.0 Å². The van der Waals surface area contributed by atoms with E-state index in [0.717, 1.165) is 17.6 Å². The highest BCUT2D eigenvalue weighted by Gasteiger charge is 1.92. The standard InChI is InChI=1S/C10H16.C2H6.CH4/c1-6-10(9(4)5)7-8(2)3;1-2;/h7H,2,4,6H2,1,3,5H3;1-2H3;1H4/b10-7-;;. The van der Waals surface area contributed by atoms with Gasteiger partial charge in [0.25, 0.3) is 0 Å². The van der Waals surface area contributed by atoms with Gasteiger partial charge in [-0.1, -0.05) is 58.6 Å². The summed E-state index contributed by atoms with van der Waals surface area (Å²) in [7, 11) is 0. The van der Waals surface area contributed by atoms with E-state index in [1.807, 2.05) is 27.7 Å². The summed E-state index contributed by atoms with van der Waals surface area (Å²) in [5.74, 6) is 0. The summed E-state index contributed by atoms with van der Waals surface area (Å²) in [6.45, 7) is 17.8. The minimum Gasteiger partial charge on any atom is -0.0961 e. The zero-order valence-corrected chi connectivity index (χ0v) is 9.20. The fourth-order valence-corrected chi connectivity index (χ4v) is 0.824. The summed E-state index contributed by atoms with van der Waals surface area (Å²) < 4.78 is 0. The van der Waals surface area contributed by atoms with Crippen LogP contribution >= 0.6 is 0 Å². The highest BCUT2D eigenvalue weighted by Crippen LogP contribution is 2.12. The van der Waals surface area contributed by atoms with Gasteiger partial charge in [-0.15, -0.1) is 0 Å². The molecule has 0 amide bonds. The van der Waals surface area contributed by atoms with Gasteiger partial charge in [0, 0.05) is 0 Å². The molecule has 0 aromatic carbocycles. The second-order valence-corrected chi connectivity index (χ2v) is 2.65. The Hall–Kier alpha value is -0.780. The van der Waals surface area contributed by atoms with Gasteiger partial charge in [0.05, 0.1) is 0 Å². The second-order valence-electron chi connectivity index (χ2n) is 2.65. The maximum Gasteiger partial charge on any atom is -0.0305 e. The molecular formula is C13H26. The average molecular weight is 182 g/mol. The Morgan fingerprint density at radius 2 is 1.54 bits per heavy atom. The third-order valence-corrected chi connectivity index (χ3v) is 1.35. The van der Waals surface area contributed by atoms with E-state index in [9.17, 15) is 0 Å². The molecule has 13 heavy (non-hydrogen) atoms. The molecule has 0 saturated heterocycles. The van der Waals surface area contributed by atoms with Gasteiger partial charge >= 0.3 is 0 Å². The third-order valence-electron chi connectivity index (χ3n) is 1.35. The molecule has 78 valence electrons. The normalized spacial score (nSPS) is 9.15. The predicted molar refractivity (Wildman–Crippen MR) is 66.1 cm³/mol. The van der Waals surface area contributed by atoms with Crippen LogP contribution in [0.5, 0.6) is 0 Å². The predicted octanol–water partition coefficient (Wildman–Crippen LogP) is 5.14. The van der Waals surface area contributed by atoms with Gasteiger partial charge < -0.3 is 0 Å². The smallest absolute Gasteiger partial charge is 0.0305 e. The van der Waals surface area contributed by atoms with Crippen LogP contribution in [0.25, 0.3) is 0 Å². The summed E-state index contributed by atoms with van der Waals surface area (Å²) >= 11 is 0. The SMILES string of the molecule is C.C=C(C)/C=C(/CC)C(=C)C.CC. The van der Waals surface area contributed by atoms with Gasteiger partial charge in [0.1, 0.15) is 0 Å². The third kappa shape index (κ3) is 11.2. The van der Waals surface area contributed by atoms with Crippen LogP contribution < -0.4 is 0 Å². The van der Waals surface area contributed by atoms with Crippen LogP contribution in [-0.2, 0) is 0 Å². The molecule has 0 spiro atoms. The maximum atomic E-state index is 3.87. The summed E-state index contributed by atoms with van der Waals surface area (Å²) in [5.41, 5.74) is 3.54. The Balaban J connectivity index is -0.000000309. The summed E-state index contributed by atoms with van der Waals surface area (Å²) in [6.07, 6.45) is 3.13. The molecule has 0 atom stereocenters. The van der Waals surface area contributed by atoms with Gasteiger partial charge in [-0.3, -0.25) is 0 Å². The van der Waals surface area contributed by atoms with Gasteiger partial charge in [-0.25, -0.2) is 0 Å². The lowest BCUT2D eigenvalue weighted by Crippen LogP contribution is -1.81. The van der Waals surface area contributed by atoms with Gasteiger partial charge in [-0.2, -0.15) is 0 Å². The first-order chi connectivity index (χ1) is 5.57. The highest BCUT2D eigenvalue weighted by atomic mass is 14.0. The van der Waals surface area contributed by atoms with Crippen molar-refractivity contribution < 1.29 is 0 Å². The first-order valence-electron chi connectivity index (χ1n) is 4.60. The molecule has 0 heteroatoms. The van der Waals surface area contributed by atoms with Crippen LogP contribution in [-0.4, -0.2) is 0 Å². The Labute approximate surface area is 85.1 Å². The topological polar surface area (TPSA) is 0 Å². The largest absolute Gasteiger partial charge is 0.0961 e. The number of hydrogen-bond donors (Lipinski definition) is 0. The first kappa shape index (κ1) is 18.1. The van der Waals surface area contributed by atoms with Crippen molar-refractivity contribution in [3.63, 3.8) is 0 Å². The van der Waals surface area contributed by atoms with Crippen LogP contribution in [0.1, 0.15) is 48.5 Å². The van der Waals surface area contributed by atoms with Crippen LogP contribution in [0.4, 0.5) is 0 Å². The molecule has 0 aliphatic carbocycles. The van der Waals surface area contributed by atoms with Crippen molar-refractivity contribution in [3.05, 3.63) is 36.0 Å². The second kappa shape index (κ2) is 11.2. The molecule has 0 N–H and O–H groups in total. The molecule has 0 bridgehead atoms. The lowest BCUT2D eigenvalue weighted by Gasteiger charge is -2.01. The van der Waals surface area contributed by atoms with Crippen molar-refractivity contribution in [3.8, 4) is 0 Å². The number of allylic oxidation sites excluding steroid dienone is 4.